The molecule has 6 heteroatoms. The van der Waals surface area contributed by atoms with Gasteiger partial charge in [0.2, 0.25) is 0 Å². The summed E-state index contributed by atoms with van der Waals surface area (Å²) >= 11 is 2.89. The molecule has 0 amide bonds. The maximum Gasteiger partial charge on any atom is 0.317 e. The average molecular weight is 330 g/mol. The molecule has 1 N–H and O–H groups in total. The second kappa shape index (κ2) is 6.46. The van der Waals surface area contributed by atoms with E-state index < -0.39 is 11.2 Å². The maximum atomic E-state index is 11.2. The molecule has 0 aliphatic rings. The smallest absolute Gasteiger partial charge is 0.317 e. The second-order valence-electron chi connectivity index (χ2n) is 4.73. The third kappa shape index (κ3) is 2.98. The Labute approximate surface area is 136 Å². The molecule has 0 radical (unpaired) electrons. The van der Waals surface area contributed by atoms with Crippen molar-refractivity contribution in [1.82, 2.24) is 9.97 Å². The van der Waals surface area contributed by atoms with Crippen molar-refractivity contribution in [2.45, 2.75) is 23.6 Å². The van der Waals surface area contributed by atoms with Crippen LogP contribution in [0.3, 0.4) is 0 Å². The summed E-state index contributed by atoms with van der Waals surface area (Å²) in [6.07, 6.45) is 2.06. The summed E-state index contributed by atoms with van der Waals surface area (Å²) in [5, 5.41) is 10.4. The van der Waals surface area contributed by atoms with Gasteiger partial charge in [0.25, 0.3) is 0 Å². The number of rotatable bonds is 5. The van der Waals surface area contributed by atoms with Crippen LogP contribution in [0.5, 0.6) is 0 Å². The van der Waals surface area contributed by atoms with E-state index in [1.807, 2.05) is 31.2 Å². The molecule has 2 heterocycles. The zero-order valence-electron chi connectivity index (χ0n) is 11.9. The molecule has 0 saturated carbocycles. The summed E-state index contributed by atoms with van der Waals surface area (Å²) < 4.78 is 0. The second-order valence-corrected chi connectivity index (χ2v) is 6.95. The van der Waals surface area contributed by atoms with Gasteiger partial charge in [-0.1, -0.05) is 49.0 Å². The molecule has 3 aromatic rings. The summed E-state index contributed by atoms with van der Waals surface area (Å²) in [7, 11) is 0. The Kier molecular flexibility index (Phi) is 4.40. The minimum absolute atomic E-state index is 0.488. The summed E-state index contributed by atoms with van der Waals surface area (Å²) in [6.45, 7) is 1.87. The van der Waals surface area contributed by atoms with Crippen LogP contribution in [0, 0.1) is 0 Å². The van der Waals surface area contributed by atoms with E-state index in [0.29, 0.717) is 6.42 Å². The molecular formula is C16H14N2O2S2. The molecule has 0 saturated heterocycles. The molecule has 4 nitrogen and oxygen atoms in total. The zero-order valence-corrected chi connectivity index (χ0v) is 13.5. The van der Waals surface area contributed by atoms with E-state index in [4.69, 9.17) is 0 Å². The largest absolute Gasteiger partial charge is 0.480 e. The normalized spacial score (nSPS) is 12.4. The van der Waals surface area contributed by atoms with Crippen LogP contribution in [0.15, 0.2) is 47.8 Å². The van der Waals surface area contributed by atoms with E-state index in [1.54, 1.807) is 11.3 Å². The van der Waals surface area contributed by atoms with Gasteiger partial charge in [-0.05, 0) is 18.1 Å². The van der Waals surface area contributed by atoms with Crippen LogP contribution in [-0.4, -0.2) is 26.3 Å². The summed E-state index contributed by atoms with van der Waals surface area (Å²) in [4.78, 5) is 21.8. The molecule has 1 unspecified atom stereocenters. The highest BCUT2D eigenvalue weighted by atomic mass is 32.2. The monoisotopic (exact) mass is 330 g/mol. The minimum Gasteiger partial charge on any atom is -0.480 e. The van der Waals surface area contributed by atoms with Gasteiger partial charge in [0.1, 0.15) is 21.4 Å². The van der Waals surface area contributed by atoms with Crippen LogP contribution in [-0.2, 0) is 4.79 Å². The Balaban J connectivity index is 2.02. The standard InChI is InChI=1S/C16H14N2O2S2/c1-2-12(16(19)20)21-14-11-8-13(10-6-4-3-5-7-10)22-15(11)18-9-17-14/h3-9,12H,2H2,1H3,(H,19,20). The van der Waals surface area contributed by atoms with Gasteiger partial charge in [0.15, 0.2) is 0 Å². The highest BCUT2D eigenvalue weighted by Gasteiger charge is 2.20. The van der Waals surface area contributed by atoms with Crippen molar-refractivity contribution in [2.24, 2.45) is 0 Å². The molecule has 0 spiro atoms. The first-order valence-electron chi connectivity index (χ1n) is 6.88. The highest BCUT2D eigenvalue weighted by Crippen LogP contribution is 2.37. The van der Waals surface area contributed by atoms with Crippen molar-refractivity contribution in [3.63, 3.8) is 0 Å². The van der Waals surface area contributed by atoms with Crippen LogP contribution in [0.2, 0.25) is 0 Å². The van der Waals surface area contributed by atoms with E-state index in [2.05, 4.69) is 22.1 Å². The quantitative estimate of drug-likeness (QED) is 0.558. The zero-order chi connectivity index (χ0) is 15.5. The van der Waals surface area contributed by atoms with Crippen molar-refractivity contribution in [3.8, 4) is 10.4 Å². The molecule has 1 atom stereocenters. The van der Waals surface area contributed by atoms with Gasteiger partial charge in [-0.2, -0.15) is 0 Å². The molecule has 112 valence electrons. The Morgan fingerprint density at radius 3 is 2.77 bits per heavy atom. The average Bonchev–Trinajstić information content (AvgIpc) is 2.98. The third-order valence-corrected chi connectivity index (χ3v) is 5.71. The van der Waals surface area contributed by atoms with E-state index in [1.165, 1.54) is 18.1 Å². The van der Waals surface area contributed by atoms with Crippen molar-refractivity contribution in [2.75, 3.05) is 0 Å². The van der Waals surface area contributed by atoms with E-state index in [-0.39, 0.29) is 0 Å². The fourth-order valence-electron chi connectivity index (χ4n) is 2.12. The maximum absolute atomic E-state index is 11.2. The number of aliphatic carboxylic acids is 1. The van der Waals surface area contributed by atoms with Gasteiger partial charge in [-0.25, -0.2) is 9.97 Å². The number of benzene rings is 1. The molecule has 3 rings (SSSR count). The number of hydrogen-bond donors (Lipinski definition) is 1. The molecule has 1 aromatic carbocycles. The number of hydrogen-bond acceptors (Lipinski definition) is 5. The van der Waals surface area contributed by atoms with Crippen LogP contribution >= 0.6 is 23.1 Å². The van der Waals surface area contributed by atoms with Gasteiger partial charge >= 0.3 is 5.97 Å². The molecule has 0 aliphatic heterocycles. The number of aromatic nitrogens is 2. The lowest BCUT2D eigenvalue weighted by Gasteiger charge is -2.08. The molecular weight excluding hydrogens is 316 g/mol. The molecule has 0 aliphatic carbocycles. The van der Waals surface area contributed by atoms with Gasteiger partial charge in [0.05, 0.1) is 0 Å². The van der Waals surface area contributed by atoms with E-state index >= 15 is 0 Å². The third-order valence-electron chi connectivity index (χ3n) is 3.25. The number of carboxylic acids is 1. The highest BCUT2D eigenvalue weighted by molar-refractivity contribution is 8.00. The number of carboxylic acid groups (broad SMARTS) is 1. The number of carbonyl (C=O) groups is 1. The first-order valence-corrected chi connectivity index (χ1v) is 8.58. The topological polar surface area (TPSA) is 63.1 Å². The molecule has 0 fully saturated rings. The van der Waals surface area contributed by atoms with Crippen LogP contribution in [0.25, 0.3) is 20.7 Å². The first-order chi connectivity index (χ1) is 10.7. The minimum atomic E-state index is -0.808. The summed E-state index contributed by atoms with van der Waals surface area (Å²) in [5.74, 6) is -0.808. The Hall–Kier alpha value is -1.92. The fraction of sp³-hybridized carbons (Fsp3) is 0.188. The Morgan fingerprint density at radius 2 is 2.09 bits per heavy atom. The predicted octanol–water partition coefficient (Wildman–Crippen LogP) is 4.31. The lowest BCUT2D eigenvalue weighted by Crippen LogP contribution is -2.14. The Bertz CT molecular complexity index is 802. The van der Waals surface area contributed by atoms with Crippen LogP contribution in [0.4, 0.5) is 0 Å². The summed E-state index contributed by atoms with van der Waals surface area (Å²) in [6, 6.07) is 12.1. The molecule has 22 heavy (non-hydrogen) atoms. The van der Waals surface area contributed by atoms with Gasteiger partial charge in [0, 0.05) is 10.3 Å². The predicted molar refractivity (Wildman–Crippen MR) is 90.4 cm³/mol. The summed E-state index contributed by atoms with van der Waals surface area (Å²) in [5.41, 5.74) is 1.13. The SMILES string of the molecule is CCC(Sc1ncnc2sc(-c3ccccc3)cc12)C(=O)O. The Morgan fingerprint density at radius 1 is 1.32 bits per heavy atom. The van der Waals surface area contributed by atoms with Crippen molar-refractivity contribution in [1.29, 1.82) is 0 Å². The van der Waals surface area contributed by atoms with Crippen LogP contribution in [0.1, 0.15) is 13.3 Å². The number of thiophene rings is 1. The van der Waals surface area contributed by atoms with Crippen molar-refractivity contribution in [3.05, 3.63) is 42.7 Å². The van der Waals surface area contributed by atoms with Crippen molar-refractivity contribution < 1.29 is 9.90 Å². The molecule has 2 aromatic heterocycles. The van der Waals surface area contributed by atoms with Gasteiger partial charge in [-0.15, -0.1) is 11.3 Å². The fourth-order valence-corrected chi connectivity index (χ4v) is 4.11. The number of nitrogens with zero attached hydrogens (tertiary/aromatic N) is 2. The van der Waals surface area contributed by atoms with E-state index in [0.717, 1.165) is 25.7 Å². The number of thioether (sulfide) groups is 1. The number of fused-ring (bicyclic) bond motifs is 1. The van der Waals surface area contributed by atoms with Crippen LogP contribution < -0.4 is 0 Å². The van der Waals surface area contributed by atoms with E-state index in [9.17, 15) is 9.90 Å². The first kappa shape index (κ1) is 15.0. The van der Waals surface area contributed by atoms with Gasteiger partial charge in [-0.3, -0.25) is 4.79 Å². The molecule has 0 bridgehead atoms. The lowest BCUT2D eigenvalue weighted by molar-refractivity contribution is -0.136. The lowest BCUT2D eigenvalue weighted by atomic mass is 10.2. The van der Waals surface area contributed by atoms with Crippen molar-refractivity contribution >= 4 is 39.3 Å². The van der Waals surface area contributed by atoms with Gasteiger partial charge < -0.3 is 5.11 Å².